The largest absolute Gasteiger partial charge is 0.460 e. The van der Waals surface area contributed by atoms with Gasteiger partial charge in [-0.3, -0.25) is 0 Å². The Kier molecular flexibility index (Phi) is 3.84. The number of carbonyl (C=O) groups is 2. The average Bonchev–Trinajstić information content (AvgIpc) is 2.75. The summed E-state index contributed by atoms with van der Waals surface area (Å²) in [5.74, 6) is -1.49. The van der Waals surface area contributed by atoms with Crippen molar-refractivity contribution in [1.29, 1.82) is 0 Å². The van der Waals surface area contributed by atoms with E-state index in [0.29, 0.717) is 13.1 Å². The number of rotatable bonds is 4. The van der Waals surface area contributed by atoms with Crippen molar-refractivity contribution in [3.05, 3.63) is 29.6 Å². The average molecular weight is 267 g/mol. The summed E-state index contributed by atoms with van der Waals surface area (Å²) in [5.41, 5.74) is 5.45. The smallest absolute Gasteiger partial charge is 0.341 e. The number of nitrogens with two attached hydrogens (primary N) is 1. The molecule has 1 heterocycles. The summed E-state index contributed by atoms with van der Waals surface area (Å²) in [6.45, 7) is 1.47. The fourth-order valence-electron chi connectivity index (χ4n) is 1.75. The second kappa shape index (κ2) is 5.55. The molecule has 0 saturated carbocycles. The van der Waals surface area contributed by atoms with Gasteiger partial charge in [-0.15, -0.1) is 0 Å². The lowest BCUT2D eigenvalue weighted by Gasteiger charge is -2.13. The number of halogens is 1. The lowest BCUT2D eigenvalue weighted by atomic mass is 10.2. The van der Waals surface area contributed by atoms with Gasteiger partial charge in [0.1, 0.15) is 12.4 Å². The molecule has 0 bridgehead atoms. The molecule has 0 atom stereocenters. The maximum absolute atomic E-state index is 13.4. The molecule has 3 N–H and O–H groups in total. The molecule has 19 heavy (non-hydrogen) atoms. The molecule has 7 heteroatoms. The molecule has 1 aliphatic rings. The van der Waals surface area contributed by atoms with Crippen molar-refractivity contribution in [1.82, 2.24) is 10.2 Å². The molecule has 1 fully saturated rings. The number of anilines is 1. The first-order valence-corrected chi connectivity index (χ1v) is 5.83. The molecule has 2 rings (SSSR count). The SMILES string of the molecule is Nc1ccc(C(=O)OCCN2CCNC2=O)c(F)c1. The van der Waals surface area contributed by atoms with Crippen molar-refractivity contribution in [3.63, 3.8) is 0 Å². The van der Waals surface area contributed by atoms with Crippen LogP contribution >= 0.6 is 0 Å². The van der Waals surface area contributed by atoms with E-state index in [0.717, 1.165) is 6.07 Å². The van der Waals surface area contributed by atoms with Crippen LogP contribution in [0.5, 0.6) is 0 Å². The zero-order chi connectivity index (χ0) is 13.8. The minimum absolute atomic E-state index is 0.0239. The van der Waals surface area contributed by atoms with Gasteiger partial charge in [0.2, 0.25) is 0 Å². The molecule has 0 aliphatic carbocycles. The predicted octanol–water partition coefficient (Wildman–Crippen LogP) is 0.590. The molecule has 0 unspecified atom stereocenters. The maximum Gasteiger partial charge on any atom is 0.341 e. The van der Waals surface area contributed by atoms with Gasteiger partial charge in [-0.2, -0.15) is 0 Å². The number of urea groups is 1. The summed E-state index contributed by atoms with van der Waals surface area (Å²) in [7, 11) is 0. The Labute approximate surface area is 109 Å². The summed E-state index contributed by atoms with van der Waals surface area (Å²) in [4.78, 5) is 24.3. The van der Waals surface area contributed by atoms with E-state index in [1.54, 1.807) is 0 Å². The van der Waals surface area contributed by atoms with E-state index < -0.39 is 11.8 Å². The highest BCUT2D eigenvalue weighted by atomic mass is 19.1. The Morgan fingerprint density at radius 2 is 2.32 bits per heavy atom. The Bertz CT molecular complexity index is 507. The lowest BCUT2D eigenvalue weighted by Crippen LogP contribution is -2.31. The second-order valence-corrected chi connectivity index (χ2v) is 4.09. The minimum Gasteiger partial charge on any atom is -0.460 e. The third-order valence-corrected chi connectivity index (χ3v) is 2.75. The third kappa shape index (κ3) is 3.12. The molecule has 1 aliphatic heterocycles. The molecule has 1 saturated heterocycles. The molecular formula is C12H14FN3O3. The van der Waals surface area contributed by atoms with Crippen molar-refractivity contribution >= 4 is 17.7 Å². The number of nitrogens with one attached hydrogen (secondary N) is 1. The van der Waals surface area contributed by atoms with Crippen molar-refractivity contribution in [2.24, 2.45) is 0 Å². The molecular weight excluding hydrogens is 253 g/mol. The van der Waals surface area contributed by atoms with Crippen molar-refractivity contribution in [2.75, 3.05) is 32.0 Å². The predicted molar refractivity (Wildman–Crippen MR) is 66.1 cm³/mol. The number of amides is 2. The standard InChI is InChI=1S/C12H14FN3O3/c13-10-7-8(14)1-2-9(10)11(17)19-6-5-16-4-3-15-12(16)18/h1-2,7H,3-6,14H2,(H,15,18). The normalized spacial score (nSPS) is 14.4. The maximum atomic E-state index is 13.4. The third-order valence-electron chi connectivity index (χ3n) is 2.75. The van der Waals surface area contributed by atoms with Gasteiger partial charge >= 0.3 is 12.0 Å². The first-order valence-electron chi connectivity index (χ1n) is 5.83. The molecule has 6 nitrogen and oxygen atoms in total. The number of nitrogens with zero attached hydrogens (tertiary/aromatic N) is 1. The minimum atomic E-state index is -0.767. The first kappa shape index (κ1) is 13.1. The number of hydrogen-bond donors (Lipinski definition) is 2. The Morgan fingerprint density at radius 3 is 2.95 bits per heavy atom. The Hall–Kier alpha value is -2.31. The van der Waals surface area contributed by atoms with Crippen LogP contribution in [0.4, 0.5) is 14.9 Å². The van der Waals surface area contributed by atoms with Crippen LogP contribution in [0.1, 0.15) is 10.4 Å². The van der Waals surface area contributed by atoms with Crippen LogP contribution in [0, 0.1) is 5.82 Å². The monoisotopic (exact) mass is 267 g/mol. The van der Waals surface area contributed by atoms with E-state index >= 15 is 0 Å². The summed E-state index contributed by atoms with van der Waals surface area (Å²) in [6.07, 6.45) is 0. The zero-order valence-corrected chi connectivity index (χ0v) is 10.2. The number of nitrogen functional groups attached to an aromatic ring is 1. The molecule has 0 radical (unpaired) electrons. The summed E-state index contributed by atoms with van der Waals surface area (Å²) < 4.78 is 18.4. The van der Waals surface area contributed by atoms with E-state index in [-0.39, 0.29) is 30.4 Å². The van der Waals surface area contributed by atoms with Crippen LogP contribution in [0.15, 0.2) is 18.2 Å². The number of ether oxygens (including phenoxy) is 1. The van der Waals surface area contributed by atoms with Crippen LogP contribution in [0.25, 0.3) is 0 Å². The molecule has 102 valence electrons. The lowest BCUT2D eigenvalue weighted by molar-refractivity contribution is 0.0476. The summed E-state index contributed by atoms with van der Waals surface area (Å²) in [5, 5.41) is 2.63. The van der Waals surface area contributed by atoms with Gasteiger partial charge in [0.05, 0.1) is 12.1 Å². The van der Waals surface area contributed by atoms with E-state index in [1.165, 1.54) is 17.0 Å². The van der Waals surface area contributed by atoms with E-state index in [4.69, 9.17) is 10.5 Å². The van der Waals surface area contributed by atoms with Crippen LogP contribution in [-0.4, -0.2) is 43.1 Å². The molecule has 0 spiro atoms. The van der Waals surface area contributed by atoms with Crippen LogP contribution in [-0.2, 0) is 4.74 Å². The fourth-order valence-corrected chi connectivity index (χ4v) is 1.75. The highest BCUT2D eigenvalue weighted by Gasteiger charge is 2.20. The van der Waals surface area contributed by atoms with Crippen LogP contribution in [0.2, 0.25) is 0 Å². The topological polar surface area (TPSA) is 84.7 Å². The molecule has 1 aromatic carbocycles. The number of hydrogen-bond acceptors (Lipinski definition) is 4. The Morgan fingerprint density at radius 1 is 1.53 bits per heavy atom. The number of benzene rings is 1. The van der Waals surface area contributed by atoms with Gasteiger partial charge in [-0.25, -0.2) is 14.0 Å². The Balaban J connectivity index is 1.85. The highest BCUT2D eigenvalue weighted by molar-refractivity contribution is 5.90. The van der Waals surface area contributed by atoms with Gasteiger partial charge in [0.15, 0.2) is 0 Å². The van der Waals surface area contributed by atoms with Gasteiger partial charge < -0.3 is 20.7 Å². The molecule has 0 aromatic heterocycles. The van der Waals surface area contributed by atoms with Gasteiger partial charge in [-0.05, 0) is 18.2 Å². The fraction of sp³-hybridized carbons (Fsp3) is 0.333. The van der Waals surface area contributed by atoms with Gasteiger partial charge in [0, 0.05) is 18.8 Å². The quantitative estimate of drug-likeness (QED) is 0.617. The summed E-state index contributed by atoms with van der Waals surface area (Å²) >= 11 is 0. The van der Waals surface area contributed by atoms with Crippen molar-refractivity contribution in [3.8, 4) is 0 Å². The van der Waals surface area contributed by atoms with Gasteiger partial charge in [-0.1, -0.05) is 0 Å². The van der Waals surface area contributed by atoms with E-state index in [2.05, 4.69) is 5.32 Å². The first-order chi connectivity index (χ1) is 9.08. The van der Waals surface area contributed by atoms with E-state index in [9.17, 15) is 14.0 Å². The number of carbonyl (C=O) groups excluding carboxylic acids is 2. The van der Waals surface area contributed by atoms with Crippen molar-refractivity contribution < 1.29 is 18.7 Å². The molecule has 1 aromatic rings. The molecule has 2 amide bonds. The summed E-state index contributed by atoms with van der Waals surface area (Å²) in [6, 6.07) is 3.57. The van der Waals surface area contributed by atoms with Gasteiger partial charge in [0.25, 0.3) is 0 Å². The highest BCUT2D eigenvalue weighted by Crippen LogP contribution is 2.12. The number of esters is 1. The second-order valence-electron chi connectivity index (χ2n) is 4.09. The van der Waals surface area contributed by atoms with Crippen molar-refractivity contribution in [2.45, 2.75) is 0 Å². The van der Waals surface area contributed by atoms with E-state index in [1.807, 2.05) is 0 Å². The van der Waals surface area contributed by atoms with Crippen LogP contribution < -0.4 is 11.1 Å². The zero-order valence-electron chi connectivity index (χ0n) is 10.2. The van der Waals surface area contributed by atoms with Crippen LogP contribution in [0.3, 0.4) is 0 Å².